The third-order valence-corrected chi connectivity index (χ3v) is 2.73. The van der Waals surface area contributed by atoms with E-state index in [1.165, 1.54) is 24.5 Å². The van der Waals surface area contributed by atoms with E-state index in [1.54, 1.807) is 0 Å². The standard InChI is InChI=1S/C12H14O3/c1-8(12(13)14)15-11-6-5-9-3-2-4-10(9)7-11/h5-8H,2-4H2,1H3,(H,13,14)/t8-/m1/s1. The number of carbonyl (C=O) groups is 1. The molecule has 0 saturated carbocycles. The van der Waals surface area contributed by atoms with Crippen molar-refractivity contribution in [3.05, 3.63) is 29.3 Å². The van der Waals surface area contributed by atoms with Gasteiger partial charge in [0.1, 0.15) is 5.75 Å². The summed E-state index contributed by atoms with van der Waals surface area (Å²) < 4.78 is 5.30. The number of aliphatic carboxylic acids is 1. The summed E-state index contributed by atoms with van der Waals surface area (Å²) in [6.07, 6.45) is 2.61. The smallest absolute Gasteiger partial charge is 0.344 e. The van der Waals surface area contributed by atoms with Gasteiger partial charge in [-0.3, -0.25) is 0 Å². The molecule has 1 aromatic carbocycles. The molecule has 1 N–H and O–H groups in total. The number of rotatable bonds is 3. The monoisotopic (exact) mass is 206 g/mol. The summed E-state index contributed by atoms with van der Waals surface area (Å²) in [5, 5.41) is 8.71. The first-order valence-electron chi connectivity index (χ1n) is 5.18. The van der Waals surface area contributed by atoms with Crippen molar-refractivity contribution in [3.8, 4) is 5.75 Å². The predicted octanol–water partition coefficient (Wildman–Crippen LogP) is 2.03. The van der Waals surface area contributed by atoms with Crippen molar-refractivity contribution < 1.29 is 14.6 Å². The number of ether oxygens (including phenoxy) is 1. The first-order chi connectivity index (χ1) is 7.16. The minimum Gasteiger partial charge on any atom is -0.479 e. The topological polar surface area (TPSA) is 46.5 Å². The molecule has 0 radical (unpaired) electrons. The largest absolute Gasteiger partial charge is 0.479 e. The van der Waals surface area contributed by atoms with Gasteiger partial charge in [-0.1, -0.05) is 6.07 Å². The Balaban J connectivity index is 2.13. The van der Waals surface area contributed by atoms with Gasteiger partial charge in [0.25, 0.3) is 0 Å². The van der Waals surface area contributed by atoms with Crippen LogP contribution in [0.2, 0.25) is 0 Å². The molecular formula is C12H14O3. The van der Waals surface area contributed by atoms with Gasteiger partial charge in [0.15, 0.2) is 6.10 Å². The summed E-state index contributed by atoms with van der Waals surface area (Å²) in [7, 11) is 0. The van der Waals surface area contributed by atoms with Crippen LogP contribution in [0.15, 0.2) is 18.2 Å². The molecule has 0 spiro atoms. The van der Waals surface area contributed by atoms with E-state index in [4.69, 9.17) is 9.84 Å². The van der Waals surface area contributed by atoms with E-state index in [2.05, 4.69) is 0 Å². The molecule has 80 valence electrons. The molecule has 0 heterocycles. The maximum Gasteiger partial charge on any atom is 0.344 e. The molecule has 0 fully saturated rings. The van der Waals surface area contributed by atoms with Gasteiger partial charge in [-0.15, -0.1) is 0 Å². The summed E-state index contributed by atoms with van der Waals surface area (Å²) in [6, 6.07) is 5.84. The molecule has 2 rings (SSSR count). The minimum absolute atomic E-state index is 0.658. The number of aryl methyl sites for hydroxylation is 2. The summed E-state index contributed by atoms with van der Waals surface area (Å²) in [5.41, 5.74) is 2.66. The molecule has 1 aliphatic rings. The maximum atomic E-state index is 10.6. The normalized spacial score (nSPS) is 15.8. The molecule has 3 nitrogen and oxygen atoms in total. The van der Waals surface area contributed by atoms with Crippen LogP contribution in [0.3, 0.4) is 0 Å². The van der Waals surface area contributed by atoms with Crippen LogP contribution >= 0.6 is 0 Å². The number of hydrogen-bond acceptors (Lipinski definition) is 2. The van der Waals surface area contributed by atoms with Gasteiger partial charge < -0.3 is 9.84 Å². The molecular weight excluding hydrogens is 192 g/mol. The SMILES string of the molecule is C[C@@H](Oc1ccc2c(c1)CCC2)C(=O)O. The average Bonchev–Trinajstić information content (AvgIpc) is 2.64. The maximum absolute atomic E-state index is 10.6. The predicted molar refractivity (Wildman–Crippen MR) is 56.2 cm³/mol. The molecule has 0 aromatic heterocycles. The highest BCUT2D eigenvalue weighted by molar-refractivity contribution is 5.72. The summed E-state index contributed by atoms with van der Waals surface area (Å²) in [5.74, 6) is -0.277. The molecule has 0 bridgehead atoms. The van der Waals surface area contributed by atoms with E-state index in [-0.39, 0.29) is 0 Å². The van der Waals surface area contributed by atoms with Crippen LogP contribution in [0.5, 0.6) is 5.75 Å². The van der Waals surface area contributed by atoms with Crippen molar-refractivity contribution >= 4 is 5.97 Å². The lowest BCUT2D eigenvalue weighted by atomic mass is 10.1. The molecule has 0 saturated heterocycles. The van der Waals surface area contributed by atoms with Crippen molar-refractivity contribution in [2.45, 2.75) is 32.3 Å². The van der Waals surface area contributed by atoms with Crippen LogP contribution in [0.1, 0.15) is 24.5 Å². The summed E-state index contributed by atoms with van der Waals surface area (Å²) in [6.45, 7) is 1.54. The Morgan fingerprint density at radius 3 is 2.87 bits per heavy atom. The van der Waals surface area contributed by atoms with Crippen LogP contribution in [-0.4, -0.2) is 17.2 Å². The average molecular weight is 206 g/mol. The van der Waals surface area contributed by atoms with Gasteiger partial charge in [-0.2, -0.15) is 0 Å². The number of fused-ring (bicyclic) bond motifs is 1. The fourth-order valence-electron chi connectivity index (χ4n) is 1.88. The van der Waals surface area contributed by atoms with E-state index >= 15 is 0 Å². The van der Waals surface area contributed by atoms with E-state index < -0.39 is 12.1 Å². The van der Waals surface area contributed by atoms with E-state index in [1.807, 2.05) is 18.2 Å². The number of carboxylic acid groups (broad SMARTS) is 1. The number of benzene rings is 1. The zero-order valence-electron chi connectivity index (χ0n) is 8.69. The Morgan fingerprint density at radius 1 is 1.40 bits per heavy atom. The summed E-state index contributed by atoms with van der Waals surface area (Å²) >= 11 is 0. The quantitative estimate of drug-likeness (QED) is 0.823. The van der Waals surface area contributed by atoms with Crippen LogP contribution in [0.4, 0.5) is 0 Å². The van der Waals surface area contributed by atoms with E-state index in [0.717, 1.165) is 12.8 Å². The third-order valence-electron chi connectivity index (χ3n) is 2.73. The molecule has 3 heteroatoms. The van der Waals surface area contributed by atoms with Crippen LogP contribution in [0.25, 0.3) is 0 Å². The van der Waals surface area contributed by atoms with Gasteiger partial charge >= 0.3 is 5.97 Å². The molecule has 1 aliphatic carbocycles. The lowest BCUT2D eigenvalue weighted by Crippen LogP contribution is -2.22. The van der Waals surface area contributed by atoms with Crippen molar-refractivity contribution in [2.24, 2.45) is 0 Å². The third kappa shape index (κ3) is 2.12. The highest BCUT2D eigenvalue weighted by Crippen LogP contribution is 2.26. The van der Waals surface area contributed by atoms with Crippen LogP contribution < -0.4 is 4.74 Å². The van der Waals surface area contributed by atoms with Crippen LogP contribution in [-0.2, 0) is 17.6 Å². The van der Waals surface area contributed by atoms with Crippen molar-refractivity contribution in [1.82, 2.24) is 0 Å². The van der Waals surface area contributed by atoms with Crippen LogP contribution in [0, 0.1) is 0 Å². The molecule has 15 heavy (non-hydrogen) atoms. The zero-order chi connectivity index (χ0) is 10.8. The Labute approximate surface area is 88.7 Å². The number of hydrogen-bond donors (Lipinski definition) is 1. The Kier molecular flexibility index (Phi) is 2.62. The lowest BCUT2D eigenvalue weighted by molar-refractivity contribution is -0.144. The second kappa shape index (κ2) is 3.93. The molecule has 1 aromatic rings. The highest BCUT2D eigenvalue weighted by Gasteiger charge is 2.15. The lowest BCUT2D eigenvalue weighted by Gasteiger charge is -2.11. The van der Waals surface area contributed by atoms with Gasteiger partial charge in [0.2, 0.25) is 0 Å². The van der Waals surface area contributed by atoms with E-state index in [9.17, 15) is 4.79 Å². The highest BCUT2D eigenvalue weighted by atomic mass is 16.5. The van der Waals surface area contributed by atoms with Gasteiger partial charge in [0, 0.05) is 0 Å². The second-order valence-electron chi connectivity index (χ2n) is 3.88. The van der Waals surface area contributed by atoms with Gasteiger partial charge in [0.05, 0.1) is 0 Å². The van der Waals surface area contributed by atoms with Gasteiger partial charge in [-0.05, 0) is 49.4 Å². The Bertz CT molecular complexity index is 384. The minimum atomic E-state index is -0.935. The molecule has 1 atom stereocenters. The number of carboxylic acids is 1. The van der Waals surface area contributed by atoms with Crippen molar-refractivity contribution in [1.29, 1.82) is 0 Å². The first kappa shape index (κ1) is 10.0. The first-order valence-corrected chi connectivity index (χ1v) is 5.18. The Hall–Kier alpha value is -1.51. The Morgan fingerprint density at radius 2 is 2.13 bits per heavy atom. The van der Waals surface area contributed by atoms with Gasteiger partial charge in [-0.25, -0.2) is 4.79 Å². The molecule has 0 aliphatic heterocycles. The fourth-order valence-corrected chi connectivity index (χ4v) is 1.88. The van der Waals surface area contributed by atoms with Crippen molar-refractivity contribution in [2.75, 3.05) is 0 Å². The summed E-state index contributed by atoms with van der Waals surface area (Å²) in [4.78, 5) is 10.6. The fraction of sp³-hybridized carbons (Fsp3) is 0.417. The van der Waals surface area contributed by atoms with Crippen molar-refractivity contribution in [3.63, 3.8) is 0 Å². The van der Waals surface area contributed by atoms with E-state index in [0.29, 0.717) is 5.75 Å². The zero-order valence-corrected chi connectivity index (χ0v) is 8.69. The molecule has 0 unspecified atom stereocenters. The molecule has 0 amide bonds. The second-order valence-corrected chi connectivity index (χ2v) is 3.88.